The van der Waals surface area contributed by atoms with Gasteiger partial charge >= 0.3 is 17.9 Å². The quantitative estimate of drug-likeness (QED) is 0.0386. The van der Waals surface area contributed by atoms with Crippen LogP contribution in [-0.2, 0) is 28.6 Å². The van der Waals surface area contributed by atoms with Crippen molar-refractivity contribution in [2.75, 3.05) is 41.0 Å². The maximum absolute atomic E-state index is 12.6. The highest BCUT2D eigenvalue weighted by molar-refractivity contribution is 5.72. The number of unbranched alkanes of at least 4 members (excludes halogenated alkanes) is 24. The van der Waals surface area contributed by atoms with Gasteiger partial charge in [-0.3, -0.25) is 9.59 Å². The lowest BCUT2D eigenvalue weighted by atomic mass is 10.0. The van der Waals surface area contributed by atoms with E-state index in [4.69, 9.17) is 14.2 Å². The van der Waals surface area contributed by atoms with Crippen molar-refractivity contribution in [1.82, 2.24) is 0 Å². The number of carbonyl (C=O) groups excluding carboxylic acids is 2. The van der Waals surface area contributed by atoms with Crippen LogP contribution in [0.4, 0.5) is 0 Å². The second kappa shape index (κ2) is 34.4. The van der Waals surface area contributed by atoms with Crippen LogP contribution in [0.5, 0.6) is 0 Å². The highest BCUT2D eigenvalue weighted by Gasteiger charge is 2.31. The summed E-state index contributed by atoms with van der Waals surface area (Å²) >= 11 is 0. The molecule has 0 fully saturated rings. The minimum absolute atomic E-state index is 0.0451. The van der Waals surface area contributed by atoms with Gasteiger partial charge in [0.15, 0.2) is 12.1 Å². The first kappa shape index (κ1) is 48.3. The maximum Gasteiger partial charge on any atom is 0.362 e. The molecule has 296 valence electrons. The van der Waals surface area contributed by atoms with Gasteiger partial charge in [-0.1, -0.05) is 168 Å². The van der Waals surface area contributed by atoms with Crippen LogP contribution in [0, 0.1) is 0 Å². The Morgan fingerprint density at radius 3 is 1.24 bits per heavy atom. The fourth-order valence-electron chi connectivity index (χ4n) is 6.45. The van der Waals surface area contributed by atoms with Crippen LogP contribution in [0.3, 0.4) is 0 Å². The van der Waals surface area contributed by atoms with Gasteiger partial charge in [0.2, 0.25) is 0 Å². The van der Waals surface area contributed by atoms with Crippen LogP contribution < -0.4 is 0 Å². The summed E-state index contributed by atoms with van der Waals surface area (Å²) in [5.41, 5.74) is 0. The van der Waals surface area contributed by atoms with Gasteiger partial charge in [-0.05, 0) is 12.8 Å². The molecular formula is C42H82NO7+. The van der Waals surface area contributed by atoms with Crippen molar-refractivity contribution in [3.63, 3.8) is 0 Å². The highest BCUT2D eigenvalue weighted by atomic mass is 16.6. The Kier molecular flexibility index (Phi) is 33.3. The van der Waals surface area contributed by atoms with E-state index in [-0.39, 0.29) is 36.2 Å². The van der Waals surface area contributed by atoms with Gasteiger partial charge in [0.05, 0.1) is 34.4 Å². The lowest BCUT2D eigenvalue weighted by molar-refractivity contribution is -0.887. The minimum atomic E-state index is -0.873. The van der Waals surface area contributed by atoms with Crippen LogP contribution in [0.2, 0.25) is 0 Å². The summed E-state index contributed by atoms with van der Waals surface area (Å²) in [5.74, 6) is -1.47. The molecule has 8 nitrogen and oxygen atoms in total. The molecule has 0 aromatic rings. The Labute approximate surface area is 308 Å². The van der Waals surface area contributed by atoms with Gasteiger partial charge in [0.1, 0.15) is 6.61 Å². The molecule has 0 aliphatic rings. The van der Waals surface area contributed by atoms with E-state index < -0.39 is 18.1 Å². The van der Waals surface area contributed by atoms with E-state index in [1.54, 1.807) is 0 Å². The first-order chi connectivity index (χ1) is 24.1. The molecule has 1 N–H and O–H groups in total. The molecule has 50 heavy (non-hydrogen) atoms. The number of quaternary nitrogens is 1. The molecule has 0 amide bonds. The first-order valence-electron chi connectivity index (χ1n) is 21.1. The SMILES string of the molecule is CCCCCCCCCCCCCCCCCCCCCCCC(=O)OC(COCCC(C(=O)O)[N+](C)(C)C)COC(=O)CCCCCCC. The molecule has 0 heterocycles. The average molecular weight is 713 g/mol. The molecule has 0 aliphatic heterocycles. The van der Waals surface area contributed by atoms with Crippen molar-refractivity contribution in [3.8, 4) is 0 Å². The first-order valence-corrected chi connectivity index (χ1v) is 21.1. The Bertz CT molecular complexity index is 797. The van der Waals surface area contributed by atoms with Crippen LogP contribution in [0.1, 0.15) is 200 Å². The Morgan fingerprint density at radius 2 is 0.880 bits per heavy atom. The second-order valence-corrected chi connectivity index (χ2v) is 15.6. The third-order valence-electron chi connectivity index (χ3n) is 9.76. The summed E-state index contributed by atoms with van der Waals surface area (Å²) in [6.45, 7) is 4.68. The van der Waals surface area contributed by atoms with Gasteiger partial charge in [0.25, 0.3) is 0 Å². The molecule has 0 spiro atoms. The lowest BCUT2D eigenvalue weighted by Gasteiger charge is -2.31. The molecule has 0 saturated heterocycles. The smallest absolute Gasteiger partial charge is 0.362 e. The van der Waals surface area contributed by atoms with Crippen LogP contribution in [0.25, 0.3) is 0 Å². The summed E-state index contributed by atoms with van der Waals surface area (Å²) in [6, 6.07) is -0.606. The minimum Gasteiger partial charge on any atom is -0.477 e. The highest BCUT2D eigenvalue weighted by Crippen LogP contribution is 2.16. The van der Waals surface area contributed by atoms with Gasteiger partial charge in [-0.25, -0.2) is 4.79 Å². The zero-order chi connectivity index (χ0) is 37.1. The molecule has 0 saturated carbocycles. The number of hydrogen-bond donors (Lipinski definition) is 1. The number of aliphatic carboxylic acids is 1. The third kappa shape index (κ3) is 32.3. The number of carboxylic acid groups (broad SMARTS) is 1. The molecule has 0 radical (unpaired) electrons. The zero-order valence-corrected chi connectivity index (χ0v) is 33.6. The zero-order valence-electron chi connectivity index (χ0n) is 33.6. The molecule has 0 aliphatic carbocycles. The third-order valence-corrected chi connectivity index (χ3v) is 9.76. The van der Waals surface area contributed by atoms with Crippen molar-refractivity contribution in [2.45, 2.75) is 212 Å². The fourth-order valence-corrected chi connectivity index (χ4v) is 6.45. The van der Waals surface area contributed by atoms with Gasteiger partial charge < -0.3 is 23.8 Å². The summed E-state index contributed by atoms with van der Waals surface area (Å²) in [6.07, 6.45) is 33.3. The number of hydrogen-bond acceptors (Lipinski definition) is 6. The fraction of sp³-hybridized carbons (Fsp3) is 0.929. The number of likely N-dealkylation sites (N-methyl/N-ethyl adjacent to an activating group) is 1. The molecule has 0 rings (SSSR count). The van der Waals surface area contributed by atoms with Crippen molar-refractivity contribution in [3.05, 3.63) is 0 Å². The van der Waals surface area contributed by atoms with Gasteiger partial charge in [-0.2, -0.15) is 0 Å². The number of esters is 2. The summed E-state index contributed by atoms with van der Waals surface area (Å²) < 4.78 is 17.1. The van der Waals surface area contributed by atoms with Crippen LogP contribution in [0.15, 0.2) is 0 Å². The molecule has 2 atom stereocenters. The van der Waals surface area contributed by atoms with Crippen molar-refractivity contribution in [1.29, 1.82) is 0 Å². The number of carbonyl (C=O) groups is 3. The van der Waals surface area contributed by atoms with E-state index in [1.807, 2.05) is 21.1 Å². The van der Waals surface area contributed by atoms with Crippen LogP contribution >= 0.6 is 0 Å². The summed E-state index contributed by atoms with van der Waals surface area (Å²) in [5, 5.41) is 9.56. The van der Waals surface area contributed by atoms with Crippen molar-refractivity contribution < 1.29 is 38.2 Å². The molecular weight excluding hydrogens is 630 g/mol. The molecule has 0 bridgehead atoms. The summed E-state index contributed by atoms with van der Waals surface area (Å²) in [4.78, 5) is 36.6. The molecule has 2 unspecified atom stereocenters. The molecule has 0 aromatic heterocycles. The van der Waals surface area contributed by atoms with E-state index in [1.165, 1.54) is 122 Å². The van der Waals surface area contributed by atoms with E-state index in [9.17, 15) is 19.5 Å². The van der Waals surface area contributed by atoms with E-state index >= 15 is 0 Å². The maximum atomic E-state index is 12.6. The predicted molar refractivity (Wildman–Crippen MR) is 206 cm³/mol. The largest absolute Gasteiger partial charge is 0.477 e. The number of nitrogens with zero attached hydrogens (tertiary/aromatic N) is 1. The second-order valence-electron chi connectivity index (χ2n) is 15.6. The molecule has 8 heteroatoms. The number of ether oxygens (including phenoxy) is 3. The lowest BCUT2D eigenvalue weighted by Crippen LogP contribution is -2.50. The monoisotopic (exact) mass is 713 g/mol. The Morgan fingerprint density at radius 1 is 0.520 bits per heavy atom. The predicted octanol–water partition coefficient (Wildman–Crippen LogP) is 11.0. The van der Waals surface area contributed by atoms with Crippen molar-refractivity contribution in [2.24, 2.45) is 0 Å². The normalized spacial score (nSPS) is 12.9. The number of rotatable bonds is 38. The summed E-state index contributed by atoms with van der Waals surface area (Å²) in [7, 11) is 5.52. The molecule has 0 aromatic carbocycles. The Balaban J connectivity index is 4.07. The van der Waals surface area contributed by atoms with Crippen LogP contribution in [-0.4, -0.2) is 80.6 Å². The van der Waals surface area contributed by atoms with E-state index in [0.717, 1.165) is 44.9 Å². The van der Waals surface area contributed by atoms with E-state index in [2.05, 4.69) is 13.8 Å². The van der Waals surface area contributed by atoms with Gasteiger partial charge in [0, 0.05) is 19.3 Å². The van der Waals surface area contributed by atoms with E-state index in [0.29, 0.717) is 19.3 Å². The number of carboxylic acids is 1. The van der Waals surface area contributed by atoms with Gasteiger partial charge in [-0.15, -0.1) is 0 Å². The topological polar surface area (TPSA) is 99.1 Å². The standard InChI is InChI=1S/C42H81NO7/c1-6-8-10-12-13-14-15-16-17-18-19-20-21-22-23-24-25-26-27-29-31-33-41(45)50-38(37-49-40(44)32-30-28-11-9-7-2)36-48-35-34-39(42(46)47)43(3,4)5/h38-39H,6-37H2,1-5H3/p+1. The van der Waals surface area contributed by atoms with Crippen molar-refractivity contribution >= 4 is 17.9 Å². The Hall–Kier alpha value is -1.67. The average Bonchev–Trinajstić information content (AvgIpc) is 3.06.